The molecule has 16 heavy (non-hydrogen) atoms. The van der Waals surface area contributed by atoms with Crippen molar-refractivity contribution < 1.29 is 5.11 Å². The Morgan fingerprint density at radius 2 is 2.25 bits per heavy atom. The summed E-state index contributed by atoms with van der Waals surface area (Å²) in [6, 6.07) is 8.10. The SMILES string of the molecule is Cc1nc(-c2cccc(Br)c2)sc1CCO. The second-order valence-corrected chi connectivity index (χ2v) is 5.51. The second-order valence-electron chi connectivity index (χ2n) is 3.51. The van der Waals surface area contributed by atoms with E-state index in [0.717, 1.165) is 25.6 Å². The normalized spacial score (nSPS) is 10.7. The van der Waals surface area contributed by atoms with Gasteiger partial charge in [-0.25, -0.2) is 4.98 Å². The van der Waals surface area contributed by atoms with Gasteiger partial charge >= 0.3 is 0 Å². The van der Waals surface area contributed by atoms with Crippen molar-refractivity contribution in [3.05, 3.63) is 39.3 Å². The lowest BCUT2D eigenvalue weighted by atomic mass is 10.2. The van der Waals surface area contributed by atoms with E-state index in [-0.39, 0.29) is 6.61 Å². The zero-order valence-corrected chi connectivity index (χ0v) is 11.3. The molecule has 2 nitrogen and oxygen atoms in total. The largest absolute Gasteiger partial charge is 0.396 e. The Balaban J connectivity index is 2.37. The molecule has 0 aliphatic carbocycles. The third-order valence-electron chi connectivity index (χ3n) is 2.30. The van der Waals surface area contributed by atoms with Crippen LogP contribution >= 0.6 is 27.3 Å². The number of aryl methyl sites for hydroxylation is 1. The lowest BCUT2D eigenvalue weighted by Crippen LogP contribution is -1.88. The van der Waals surface area contributed by atoms with Crippen LogP contribution in [0.25, 0.3) is 10.6 Å². The standard InChI is InChI=1S/C12H12BrNOS/c1-8-11(5-6-15)16-12(14-8)9-3-2-4-10(13)7-9/h2-4,7,15H,5-6H2,1H3. The van der Waals surface area contributed by atoms with E-state index >= 15 is 0 Å². The maximum atomic E-state index is 8.94. The van der Waals surface area contributed by atoms with Crippen molar-refractivity contribution in [3.8, 4) is 10.6 Å². The van der Waals surface area contributed by atoms with E-state index in [2.05, 4.69) is 27.0 Å². The molecule has 0 amide bonds. The Morgan fingerprint density at radius 3 is 2.94 bits per heavy atom. The summed E-state index contributed by atoms with van der Waals surface area (Å²) in [4.78, 5) is 5.69. The number of rotatable bonds is 3. The molecule has 0 saturated carbocycles. The number of nitrogens with zero attached hydrogens (tertiary/aromatic N) is 1. The Morgan fingerprint density at radius 1 is 1.44 bits per heavy atom. The summed E-state index contributed by atoms with van der Waals surface area (Å²) < 4.78 is 1.06. The highest BCUT2D eigenvalue weighted by atomic mass is 79.9. The molecule has 0 spiro atoms. The van der Waals surface area contributed by atoms with Crippen LogP contribution in [-0.4, -0.2) is 16.7 Å². The predicted molar refractivity (Wildman–Crippen MR) is 70.8 cm³/mol. The molecule has 84 valence electrons. The fraction of sp³-hybridized carbons (Fsp3) is 0.250. The number of thiazole rings is 1. The topological polar surface area (TPSA) is 33.1 Å². The molecule has 2 rings (SSSR count). The Kier molecular flexibility index (Phi) is 3.74. The van der Waals surface area contributed by atoms with Crippen LogP contribution in [0, 0.1) is 6.92 Å². The zero-order valence-electron chi connectivity index (χ0n) is 8.90. The first kappa shape index (κ1) is 11.8. The highest BCUT2D eigenvalue weighted by molar-refractivity contribution is 9.10. The first-order valence-corrected chi connectivity index (χ1v) is 6.65. The molecule has 1 heterocycles. The Bertz CT molecular complexity index is 496. The van der Waals surface area contributed by atoms with Gasteiger partial charge in [-0.1, -0.05) is 28.1 Å². The second kappa shape index (κ2) is 5.08. The van der Waals surface area contributed by atoms with E-state index in [1.165, 1.54) is 0 Å². The van der Waals surface area contributed by atoms with Crippen molar-refractivity contribution in [2.24, 2.45) is 0 Å². The van der Waals surface area contributed by atoms with Gasteiger partial charge in [0.25, 0.3) is 0 Å². The molecule has 1 aromatic heterocycles. The van der Waals surface area contributed by atoms with E-state index in [1.807, 2.05) is 25.1 Å². The van der Waals surface area contributed by atoms with Gasteiger partial charge < -0.3 is 5.11 Å². The van der Waals surface area contributed by atoms with Crippen LogP contribution in [0.1, 0.15) is 10.6 Å². The number of hydrogen-bond acceptors (Lipinski definition) is 3. The van der Waals surface area contributed by atoms with E-state index in [1.54, 1.807) is 11.3 Å². The fourth-order valence-electron chi connectivity index (χ4n) is 1.51. The first-order valence-electron chi connectivity index (χ1n) is 5.04. The molecule has 0 radical (unpaired) electrons. The molecule has 0 unspecified atom stereocenters. The maximum absolute atomic E-state index is 8.94. The van der Waals surface area contributed by atoms with Crippen LogP contribution in [0.5, 0.6) is 0 Å². The lowest BCUT2D eigenvalue weighted by Gasteiger charge is -1.96. The lowest BCUT2D eigenvalue weighted by molar-refractivity contribution is 0.300. The van der Waals surface area contributed by atoms with Gasteiger partial charge in [-0.15, -0.1) is 11.3 Å². The van der Waals surface area contributed by atoms with Gasteiger partial charge in [0.1, 0.15) is 5.01 Å². The minimum atomic E-state index is 0.182. The molecule has 1 aromatic carbocycles. The number of benzene rings is 1. The highest BCUT2D eigenvalue weighted by Gasteiger charge is 2.08. The summed E-state index contributed by atoms with van der Waals surface area (Å²) in [5.74, 6) is 0. The Labute approximate surface area is 107 Å². The minimum absolute atomic E-state index is 0.182. The van der Waals surface area contributed by atoms with Crippen LogP contribution in [0.2, 0.25) is 0 Å². The minimum Gasteiger partial charge on any atom is -0.396 e. The van der Waals surface area contributed by atoms with Crippen LogP contribution in [0.15, 0.2) is 28.7 Å². The van der Waals surface area contributed by atoms with Crippen LogP contribution in [0.3, 0.4) is 0 Å². The van der Waals surface area contributed by atoms with Crippen molar-refractivity contribution >= 4 is 27.3 Å². The summed E-state index contributed by atoms with van der Waals surface area (Å²) in [5.41, 5.74) is 2.14. The van der Waals surface area contributed by atoms with Crippen molar-refractivity contribution in [1.29, 1.82) is 0 Å². The monoisotopic (exact) mass is 297 g/mol. The molecule has 0 bridgehead atoms. The highest BCUT2D eigenvalue weighted by Crippen LogP contribution is 2.29. The maximum Gasteiger partial charge on any atom is 0.123 e. The average Bonchev–Trinajstić information content (AvgIpc) is 2.61. The summed E-state index contributed by atoms with van der Waals surface area (Å²) in [5, 5.41) is 9.96. The number of aliphatic hydroxyl groups is 1. The predicted octanol–water partition coefficient (Wildman–Crippen LogP) is 3.42. The Hall–Kier alpha value is -0.710. The zero-order chi connectivity index (χ0) is 11.5. The fourth-order valence-corrected chi connectivity index (χ4v) is 2.95. The van der Waals surface area contributed by atoms with Crippen LogP contribution in [-0.2, 0) is 6.42 Å². The molecular formula is C12H12BrNOS. The molecule has 0 saturated heterocycles. The van der Waals surface area contributed by atoms with Gasteiger partial charge in [-0.2, -0.15) is 0 Å². The van der Waals surface area contributed by atoms with Crippen molar-refractivity contribution in [2.75, 3.05) is 6.61 Å². The summed E-state index contributed by atoms with van der Waals surface area (Å²) >= 11 is 5.11. The average molecular weight is 298 g/mol. The molecule has 1 N–H and O–H groups in total. The van der Waals surface area contributed by atoms with Gasteiger partial charge in [0.05, 0.1) is 5.69 Å². The molecule has 0 aliphatic heterocycles. The molecule has 0 aliphatic rings. The van der Waals surface area contributed by atoms with Gasteiger partial charge in [-0.05, 0) is 19.1 Å². The number of aromatic nitrogens is 1. The molecular weight excluding hydrogens is 286 g/mol. The smallest absolute Gasteiger partial charge is 0.123 e. The molecule has 0 atom stereocenters. The van der Waals surface area contributed by atoms with Crippen molar-refractivity contribution in [3.63, 3.8) is 0 Å². The summed E-state index contributed by atoms with van der Waals surface area (Å²) in [6.45, 7) is 2.17. The summed E-state index contributed by atoms with van der Waals surface area (Å²) in [7, 11) is 0. The third-order valence-corrected chi connectivity index (χ3v) is 4.06. The number of halogens is 1. The quantitative estimate of drug-likeness (QED) is 0.942. The van der Waals surface area contributed by atoms with E-state index in [0.29, 0.717) is 6.42 Å². The molecule has 2 aromatic rings. The van der Waals surface area contributed by atoms with E-state index in [9.17, 15) is 0 Å². The van der Waals surface area contributed by atoms with Crippen LogP contribution in [0.4, 0.5) is 0 Å². The van der Waals surface area contributed by atoms with Gasteiger partial charge in [0, 0.05) is 27.9 Å². The number of aliphatic hydroxyl groups excluding tert-OH is 1. The number of hydrogen-bond donors (Lipinski definition) is 1. The third kappa shape index (κ3) is 2.51. The van der Waals surface area contributed by atoms with E-state index in [4.69, 9.17) is 5.11 Å². The summed E-state index contributed by atoms with van der Waals surface area (Å²) in [6.07, 6.45) is 0.692. The molecule has 4 heteroatoms. The van der Waals surface area contributed by atoms with Crippen molar-refractivity contribution in [2.45, 2.75) is 13.3 Å². The van der Waals surface area contributed by atoms with Gasteiger partial charge in [0.15, 0.2) is 0 Å². The first-order chi connectivity index (χ1) is 7.70. The molecule has 0 fully saturated rings. The van der Waals surface area contributed by atoms with E-state index < -0.39 is 0 Å². The van der Waals surface area contributed by atoms with Crippen LogP contribution < -0.4 is 0 Å². The van der Waals surface area contributed by atoms with Crippen molar-refractivity contribution in [1.82, 2.24) is 4.98 Å². The van der Waals surface area contributed by atoms with Gasteiger partial charge in [0.2, 0.25) is 0 Å². The van der Waals surface area contributed by atoms with Gasteiger partial charge in [-0.3, -0.25) is 0 Å².